The van der Waals surface area contributed by atoms with Crippen LogP contribution in [0.1, 0.15) is 84.7 Å². The van der Waals surface area contributed by atoms with Crippen LogP contribution < -0.4 is 4.74 Å². The van der Waals surface area contributed by atoms with Crippen LogP contribution in [0.4, 0.5) is 0 Å². The van der Waals surface area contributed by atoms with E-state index in [1.807, 2.05) is 49.1 Å². The van der Waals surface area contributed by atoms with Gasteiger partial charge in [0.25, 0.3) is 5.91 Å². The highest BCUT2D eigenvalue weighted by atomic mass is 16.5. The number of amides is 1. The standard InChI is InChI=1S/C28H35N3O3/c1-5-7-9-14-31-27(20-10-12-21(13-11-20)34-15-8-6-2)24-25(29-30-26(24)28(31)33)23-19(4)16-18(3)17-22(23)32/h10-13,16-17,27,32H,5-9,14-15H2,1-4H3,(H,29,30). The average molecular weight is 462 g/mol. The third-order valence-electron chi connectivity index (χ3n) is 6.52. The van der Waals surface area contributed by atoms with Gasteiger partial charge in [-0.15, -0.1) is 0 Å². The van der Waals surface area contributed by atoms with Crippen molar-refractivity contribution in [2.45, 2.75) is 65.8 Å². The molecule has 1 amide bonds. The summed E-state index contributed by atoms with van der Waals surface area (Å²) in [5.41, 5.74) is 5.60. The molecule has 0 saturated carbocycles. The van der Waals surface area contributed by atoms with E-state index in [2.05, 4.69) is 24.0 Å². The van der Waals surface area contributed by atoms with Gasteiger partial charge in [0, 0.05) is 17.7 Å². The molecular weight excluding hydrogens is 426 g/mol. The number of unbranched alkanes of at least 4 members (excludes halogenated alkanes) is 3. The Morgan fingerprint density at radius 1 is 1.06 bits per heavy atom. The topological polar surface area (TPSA) is 78.5 Å². The lowest BCUT2D eigenvalue weighted by molar-refractivity contribution is 0.0740. The number of hydrogen-bond donors (Lipinski definition) is 2. The number of hydrogen-bond acceptors (Lipinski definition) is 4. The number of benzene rings is 2. The minimum Gasteiger partial charge on any atom is -0.507 e. The molecule has 2 N–H and O–H groups in total. The van der Waals surface area contributed by atoms with Crippen LogP contribution in [0.3, 0.4) is 0 Å². The molecule has 0 spiro atoms. The van der Waals surface area contributed by atoms with Crippen molar-refractivity contribution in [3.05, 3.63) is 64.3 Å². The molecule has 180 valence electrons. The Morgan fingerprint density at radius 2 is 1.79 bits per heavy atom. The number of nitrogens with zero attached hydrogens (tertiary/aromatic N) is 2. The summed E-state index contributed by atoms with van der Waals surface area (Å²) in [7, 11) is 0. The van der Waals surface area contributed by atoms with E-state index in [0.29, 0.717) is 30.1 Å². The second-order valence-electron chi connectivity index (χ2n) is 9.22. The van der Waals surface area contributed by atoms with Crippen LogP contribution in [0, 0.1) is 13.8 Å². The van der Waals surface area contributed by atoms with Gasteiger partial charge < -0.3 is 14.7 Å². The highest BCUT2D eigenvalue weighted by molar-refractivity contribution is 6.00. The van der Waals surface area contributed by atoms with Crippen molar-refractivity contribution in [3.8, 4) is 22.8 Å². The lowest BCUT2D eigenvalue weighted by Crippen LogP contribution is -2.30. The molecule has 1 aromatic heterocycles. The van der Waals surface area contributed by atoms with Gasteiger partial charge in [-0.1, -0.05) is 51.3 Å². The van der Waals surface area contributed by atoms with Crippen molar-refractivity contribution in [1.82, 2.24) is 15.1 Å². The first-order chi connectivity index (χ1) is 16.5. The fourth-order valence-electron chi connectivity index (χ4n) is 4.83. The van der Waals surface area contributed by atoms with Crippen LogP contribution in [0.2, 0.25) is 0 Å². The Balaban J connectivity index is 1.77. The van der Waals surface area contributed by atoms with E-state index in [9.17, 15) is 9.90 Å². The number of carbonyl (C=O) groups is 1. The predicted molar refractivity (Wildman–Crippen MR) is 134 cm³/mol. The van der Waals surface area contributed by atoms with Crippen LogP contribution in [0.25, 0.3) is 11.3 Å². The molecule has 3 aromatic rings. The number of rotatable bonds is 10. The third kappa shape index (κ3) is 4.54. The maximum absolute atomic E-state index is 13.5. The number of carbonyl (C=O) groups excluding carboxylic acids is 1. The molecule has 6 heteroatoms. The van der Waals surface area contributed by atoms with E-state index in [-0.39, 0.29) is 17.7 Å². The summed E-state index contributed by atoms with van der Waals surface area (Å²) in [6.45, 7) is 9.60. The molecule has 1 unspecified atom stereocenters. The maximum atomic E-state index is 13.5. The first-order valence-electron chi connectivity index (χ1n) is 12.4. The van der Waals surface area contributed by atoms with Gasteiger partial charge in [-0.3, -0.25) is 9.89 Å². The van der Waals surface area contributed by atoms with Gasteiger partial charge in [-0.2, -0.15) is 5.10 Å². The molecule has 0 fully saturated rings. The maximum Gasteiger partial charge on any atom is 0.273 e. The zero-order chi connectivity index (χ0) is 24.2. The Morgan fingerprint density at radius 3 is 2.47 bits per heavy atom. The molecule has 1 aliphatic heterocycles. The minimum atomic E-state index is -0.266. The van der Waals surface area contributed by atoms with E-state index in [1.54, 1.807) is 6.07 Å². The lowest BCUT2D eigenvalue weighted by Gasteiger charge is -2.27. The molecule has 0 bridgehead atoms. The molecule has 0 radical (unpaired) electrons. The van der Waals surface area contributed by atoms with Crippen LogP contribution in [-0.4, -0.2) is 39.3 Å². The Labute approximate surface area is 202 Å². The Kier molecular flexibility index (Phi) is 7.25. The van der Waals surface area contributed by atoms with E-state index in [1.165, 1.54) is 0 Å². The number of ether oxygens (including phenoxy) is 1. The van der Waals surface area contributed by atoms with Crippen LogP contribution in [0.15, 0.2) is 36.4 Å². The van der Waals surface area contributed by atoms with Gasteiger partial charge >= 0.3 is 0 Å². The molecule has 34 heavy (non-hydrogen) atoms. The van der Waals surface area contributed by atoms with Gasteiger partial charge in [0.1, 0.15) is 22.9 Å². The van der Waals surface area contributed by atoms with Crippen molar-refractivity contribution < 1.29 is 14.6 Å². The third-order valence-corrected chi connectivity index (χ3v) is 6.52. The zero-order valence-corrected chi connectivity index (χ0v) is 20.6. The Bertz CT molecular complexity index is 1130. The summed E-state index contributed by atoms with van der Waals surface area (Å²) >= 11 is 0. The van der Waals surface area contributed by atoms with Crippen molar-refractivity contribution in [1.29, 1.82) is 0 Å². The largest absolute Gasteiger partial charge is 0.507 e. The van der Waals surface area contributed by atoms with Gasteiger partial charge in [0.15, 0.2) is 0 Å². The number of nitrogens with one attached hydrogen (secondary N) is 1. The molecule has 0 aliphatic carbocycles. The fourth-order valence-corrected chi connectivity index (χ4v) is 4.83. The smallest absolute Gasteiger partial charge is 0.273 e. The Hall–Kier alpha value is -3.28. The van der Waals surface area contributed by atoms with E-state index in [4.69, 9.17) is 4.74 Å². The number of aryl methyl sites for hydroxylation is 2. The van der Waals surface area contributed by atoms with E-state index < -0.39 is 0 Å². The average Bonchev–Trinajstić information content (AvgIpc) is 3.33. The number of H-pyrrole nitrogens is 1. The molecule has 1 aliphatic rings. The highest BCUT2D eigenvalue weighted by Gasteiger charge is 2.42. The summed E-state index contributed by atoms with van der Waals surface area (Å²) in [6, 6.07) is 11.6. The van der Waals surface area contributed by atoms with Crippen molar-refractivity contribution in [2.24, 2.45) is 0 Å². The molecule has 6 nitrogen and oxygen atoms in total. The molecule has 2 heterocycles. The minimum absolute atomic E-state index is 0.0395. The van der Waals surface area contributed by atoms with Crippen LogP contribution >= 0.6 is 0 Å². The van der Waals surface area contributed by atoms with Crippen molar-refractivity contribution >= 4 is 5.91 Å². The normalized spacial score (nSPS) is 15.1. The van der Waals surface area contributed by atoms with Crippen LogP contribution in [-0.2, 0) is 0 Å². The van der Waals surface area contributed by atoms with Crippen LogP contribution in [0.5, 0.6) is 11.5 Å². The monoisotopic (exact) mass is 461 g/mol. The summed E-state index contributed by atoms with van der Waals surface area (Å²) < 4.78 is 5.85. The first kappa shape index (κ1) is 23.9. The number of aromatic hydroxyl groups is 1. The lowest BCUT2D eigenvalue weighted by atomic mass is 9.93. The van der Waals surface area contributed by atoms with Crippen molar-refractivity contribution in [3.63, 3.8) is 0 Å². The summed E-state index contributed by atoms with van der Waals surface area (Å²) in [6.07, 6.45) is 5.21. The highest BCUT2D eigenvalue weighted by Crippen LogP contribution is 2.45. The second-order valence-corrected chi connectivity index (χ2v) is 9.22. The number of phenols is 1. The molecule has 0 saturated heterocycles. The van der Waals surface area contributed by atoms with Crippen molar-refractivity contribution in [2.75, 3.05) is 13.2 Å². The summed E-state index contributed by atoms with van der Waals surface area (Å²) in [5, 5.41) is 18.3. The first-order valence-corrected chi connectivity index (χ1v) is 12.4. The van der Waals surface area contributed by atoms with Gasteiger partial charge in [0.2, 0.25) is 0 Å². The summed E-state index contributed by atoms with van der Waals surface area (Å²) in [5.74, 6) is 0.975. The predicted octanol–water partition coefficient (Wildman–Crippen LogP) is 6.31. The van der Waals surface area contributed by atoms with Gasteiger partial charge in [-0.25, -0.2) is 0 Å². The molecule has 1 atom stereocenters. The number of aromatic amines is 1. The van der Waals surface area contributed by atoms with Gasteiger partial charge in [0.05, 0.1) is 12.6 Å². The fraction of sp³-hybridized carbons (Fsp3) is 0.429. The SMILES string of the molecule is CCCCCN1C(=O)c2[nH]nc(-c3c(C)cc(C)cc3O)c2C1c1ccc(OCCCC)cc1. The quantitative estimate of drug-likeness (QED) is 0.347. The number of phenolic OH excluding ortho intramolecular Hbond substituents is 1. The van der Waals surface area contributed by atoms with E-state index >= 15 is 0 Å². The molecule has 2 aromatic carbocycles. The molecule has 4 rings (SSSR count). The molecular formula is C28H35N3O3. The number of fused-ring (bicyclic) bond motifs is 1. The summed E-state index contributed by atoms with van der Waals surface area (Å²) in [4.78, 5) is 15.4. The second kappa shape index (κ2) is 10.3. The van der Waals surface area contributed by atoms with E-state index in [0.717, 1.165) is 60.1 Å². The number of aromatic nitrogens is 2. The zero-order valence-electron chi connectivity index (χ0n) is 20.6. The van der Waals surface area contributed by atoms with Gasteiger partial charge in [-0.05, 0) is 61.6 Å².